The van der Waals surface area contributed by atoms with Crippen molar-refractivity contribution in [2.75, 3.05) is 5.73 Å². The van der Waals surface area contributed by atoms with Gasteiger partial charge in [-0.05, 0) is 23.6 Å². The Hall–Kier alpha value is -0.800. The lowest BCUT2D eigenvalue weighted by Gasteiger charge is -2.05. The molecule has 0 atom stereocenters. The predicted molar refractivity (Wildman–Crippen MR) is 63.1 cm³/mol. The summed E-state index contributed by atoms with van der Waals surface area (Å²) in [6, 6.07) is 4.08. The van der Waals surface area contributed by atoms with E-state index in [4.69, 9.17) is 17.3 Å². The number of aromatic nitrogens is 1. The molecule has 2 aromatic rings. The number of nitrogen functional groups attached to an aromatic ring is 1. The molecule has 2 N–H and O–H groups in total. The van der Waals surface area contributed by atoms with E-state index < -0.39 is 0 Å². The summed E-state index contributed by atoms with van der Waals surface area (Å²) in [4.78, 5) is 4.18. The summed E-state index contributed by atoms with van der Waals surface area (Å²) in [7, 11) is 0. The van der Waals surface area contributed by atoms with Gasteiger partial charge in [0.25, 0.3) is 0 Å². The molecule has 0 unspecified atom stereocenters. The smallest absolute Gasteiger partial charge is 0.181 e. The topological polar surface area (TPSA) is 38.9 Å². The Labute approximate surface area is 91.7 Å². The van der Waals surface area contributed by atoms with Crippen molar-refractivity contribution in [1.82, 2.24) is 4.98 Å². The molecule has 2 rings (SSSR count). The molecule has 1 heterocycles. The van der Waals surface area contributed by atoms with E-state index in [0.29, 0.717) is 16.1 Å². The molecule has 0 saturated carbocycles. The molecule has 0 spiro atoms. The van der Waals surface area contributed by atoms with Gasteiger partial charge < -0.3 is 5.73 Å². The third-order valence-corrected chi connectivity index (χ3v) is 3.27. The largest absolute Gasteiger partial charge is 0.375 e. The van der Waals surface area contributed by atoms with Gasteiger partial charge in [-0.15, -0.1) is 0 Å². The molecule has 0 radical (unpaired) electrons. The molecule has 4 heteroatoms. The first-order valence-electron chi connectivity index (χ1n) is 4.43. The highest BCUT2D eigenvalue weighted by Crippen LogP contribution is 2.32. The van der Waals surface area contributed by atoms with E-state index in [1.54, 1.807) is 0 Å². The van der Waals surface area contributed by atoms with E-state index >= 15 is 0 Å². The monoisotopic (exact) mass is 226 g/mol. The molecular formula is C10H11ClN2S. The third kappa shape index (κ3) is 1.57. The van der Waals surface area contributed by atoms with Crippen molar-refractivity contribution in [3.05, 3.63) is 22.7 Å². The average molecular weight is 227 g/mol. The Kier molecular flexibility index (Phi) is 2.37. The van der Waals surface area contributed by atoms with Gasteiger partial charge in [-0.2, -0.15) is 0 Å². The molecule has 0 aliphatic heterocycles. The molecule has 0 fully saturated rings. The van der Waals surface area contributed by atoms with Crippen molar-refractivity contribution in [1.29, 1.82) is 0 Å². The zero-order chi connectivity index (χ0) is 10.3. The summed E-state index contributed by atoms with van der Waals surface area (Å²) < 4.78 is 1.07. The zero-order valence-electron chi connectivity index (χ0n) is 8.04. The molecule has 0 aliphatic carbocycles. The standard InChI is InChI=1S/C10H11ClN2S/c1-5(2)6-3-7(11)9-8(4-6)14-10(12)13-9/h3-5H,1-2H3,(H2,12,13). The molecule has 2 nitrogen and oxygen atoms in total. The van der Waals surface area contributed by atoms with Crippen LogP contribution in [0.3, 0.4) is 0 Å². The highest BCUT2D eigenvalue weighted by atomic mass is 35.5. The predicted octanol–water partition coefficient (Wildman–Crippen LogP) is 3.66. The van der Waals surface area contributed by atoms with Crippen LogP contribution in [0.25, 0.3) is 10.2 Å². The highest BCUT2D eigenvalue weighted by Gasteiger charge is 2.09. The summed E-state index contributed by atoms with van der Waals surface area (Å²) in [6.07, 6.45) is 0. The van der Waals surface area contributed by atoms with E-state index in [9.17, 15) is 0 Å². The second kappa shape index (κ2) is 3.41. The molecular weight excluding hydrogens is 216 g/mol. The van der Waals surface area contributed by atoms with Crippen LogP contribution in [0.4, 0.5) is 5.13 Å². The number of thiazole rings is 1. The molecule has 1 aromatic heterocycles. The van der Waals surface area contributed by atoms with Crippen molar-refractivity contribution in [3.8, 4) is 0 Å². The fourth-order valence-electron chi connectivity index (χ4n) is 1.36. The maximum atomic E-state index is 6.11. The number of anilines is 1. The van der Waals surface area contributed by atoms with Crippen molar-refractivity contribution in [3.63, 3.8) is 0 Å². The van der Waals surface area contributed by atoms with Crippen LogP contribution in [0.1, 0.15) is 25.3 Å². The summed E-state index contributed by atoms with van der Waals surface area (Å²) in [5.74, 6) is 0.472. The van der Waals surface area contributed by atoms with Crippen LogP contribution in [0, 0.1) is 0 Å². The van der Waals surface area contributed by atoms with Gasteiger partial charge in [-0.1, -0.05) is 36.8 Å². The molecule has 0 amide bonds. The minimum absolute atomic E-state index is 0.472. The first-order chi connectivity index (χ1) is 6.58. The zero-order valence-corrected chi connectivity index (χ0v) is 9.62. The molecule has 0 aliphatic rings. The van der Waals surface area contributed by atoms with E-state index in [-0.39, 0.29) is 0 Å². The van der Waals surface area contributed by atoms with Gasteiger partial charge in [0.1, 0.15) is 5.52 Å². The van der Waals surface area contributed by atoms with E-state index in [1.165, 1.54) is 16.9 Å². The van der Waals surface area contributed by atoms with Crippen molar-refractivity contribution >= 4 is 38.3 Å². The van der Waals surface area contributed by atoms with Gasteiger partial charge in [-0.3, -0.25) is 0 Å². The fraction of sp³-hybridized carbons (Fsp3) is 0.300. The lowest BCUT2D eigenvalue weighted by molar-refractivity contribution is 0.869. The van der Waals surface area contributed by atoms with Gasteiger partial charge in [0.2, 0.25) is 0 Å². The number of halogens is 1. The molecule has 74 valence electrons. The summed E-state index contributed by atoms with van der Waals surface area (Å²) in [5.41, 5.74) is 7.68. The maximum Gasteiger partial charge on any atom is 0.181 e. The van der Waals surface area contributed by atoms with Crippen LogP contribution in [0.2, 0.25) is 5.02 Å². The normalized spacial score (nSPS) is 11.4. The molecule has 14 heavy (non-hydrogen) atoms. The van der Waals surface area contributed by atoms with Crippen LogP contribution in [-0.2, 0) is 0 Å². The molecule has 0 saturated heterocycles. The van der Waals surface area contributed by atoms with Gasteiger partial charge in [0.15, 0.2) is 5.13 Å². The minimum Gasteiger partial charge on any atom is -0.375 e. The Morgan fingerprint density at radius 3 is 2.79 bits per heavy atom. The highest BCUT2D eigenvalue weighted by molar-refractivity contribution is 7.22. The van der Waals surface area contributed by atoms with Gasteiger partial charge >= 0.3 is 0 Å². The average Bonchev–Trinajstić information content (AvgIpc) is 2.45. The van der Waals surface area contributed by atoms with Crippen LogP contribution < -0.4 is 5.73 Å². The van der Waals surface area contributed by atoms with Crippen LogP contribution in [0.5, 0.6) is 0 Å². The summed E-state index contributed by atoms with van der Waals surface area (Å²) >= 11 is 7.59. The van der Waals surface area contributed by atoms with Gasteiger partial charge in [0, 0.05) is 0 Å². The number of rotatable bonds is 1. The molecule has 0 bridgehead atoms. The maximum absolute atomic E-state index is 6.11. The Morgan fingerprint density at radius 2 is 2.14 bits per heavy atom. The van der Waals surface area contributed by atoms with Crippen LogP contribution in [0.15, 0.2) is 12.1 Å². The van der Waals surface area contributed by atoms with Gasteiger partial charge in [0.05, 0.1) is 9.72 Å². The molecule has 1 aromatic carbocycles. The van der Waals surface area contributed by atoms with Crippen LogP contribution in [-0.4, -0.2) is 4.98 Å². The fourth-order valence-corrected chi connectivity index (χ4v) is 2.49. The van der Waals surface area contributed by atoms with Crippen LogP contribution >= 0.6 is 22.9 Å². The second-order valence-corrected chi connectivity index (χ2v) is 5.03. The van der Waals surface area contributed by atoms with E-state index in [1.807, 2.05) is 6.07 Å². The third-order valence-electron chi connectivity index (χ3n) is 2.15. The number of hydrogen-bond acceptors (Lipinski definition) is 3. The number of fused-ring (bicyclic) bond motifs is 1. The minimum atomic E-state index is 0.472. The lowest BCUT2D eigenvalue weighted by Crippen LogP contribution is -1.86. The van der Waals surface area contributed by atoms with Crippen molar-refractivity contribution < 1.29 is 0 Å². The Balaban J connectivity index is 2.71. The van der Waals surface area contributed by atoms with E-state index in [0.717, 1.165) is 10.2 Å². The number of nitrogens with two attached hydrogens (primary N) is 1. The van der Waals surface area contributed by atoms with Gasteiger partial charge in [-0.25, -0.2) is 4.98 Å². The summed E-state index contributed by atoms with van der Waals surface area (Å²) in [6.45, 7) is 4.28. The Morgan fingerprint density at radius 1 is 1.43 bits per heavy atom. The lowest BCUT2D eigenvalue weighted by atomic mass is 10.0. The van der Waals surface area contributed by atoms with E-state index in [2.05, 4.69) is 24.9 Å². The number of hydrogen-bond donors (Lipinski definition) is 1. The summed E-state index contributed by atoms with van der Waals surface area (Å²) in [5, 5.41) is 1.27. The second-order valence-electron chi connectivity index (χ2n) is 3.56. The van der Waals surface area contributed by atoms with Crippen molar-refractivity contribution in [2.24, 2.45) is 0 Å². The first kappa shape index (κ1) is 9.74. The van der Waals surface area contributed by atoms with Crippen molar-refractivity contribution in [2.45, 2.75) is 19.8 Å². The first-order valence-corrected chi connectivity index (χ1v) is 5.63. The SMILES string of the molecule is CC(C)c1cc(Cl)c2nc(N)sc2c1. The quantitative estimate of drug-likeness (QED) is 0.806. The number of benzene rings is 1. The number of nitrogens with zero attached hydrogens (tertiary/aromatic N) is 1. The Bertz CT molecular complexity index is 476.